The fraction of sp³-hybridized carbons (Fsp3) is 0.524. The van der Waals surface area contributed by atoms with E-state index in [2.05, 4.69) is 26.7 Å². The van der Waals surface area contributed by atoms with Gasteiger partial charge in [0, 0.05) is 64.1 Å². The van der Waals surface area contributed by atoms with Gasteiger partial charge in [0.2, 0.25) is 16.0 Å². The van der Waals surface area contributed by atoms with Gasteiger partial charge in [-0.25, -0.2) is 17.8 Å². The first kappa shape index (κ1) is 21.9. The van der Waals surface area contributed by atoms with Crippen LogP contribution in [0.4, 0.5) is 16.2 Å². The summed E-state index contributed by atoms with van der Waals surface area (Å²) in [6.45, 7) is 7.67. The summed E-state index contributed by atoms with van der Waals surface area (Å²) in [4.78, 5) is 16.0. The van der Waals surface area contributed by atoms with Gasteiger partial charge in [-0.1, -0.05) is 12.1 Å². The molecule has 1 aromatic heterocycles. The lowest BCUT2D eigenvalue weighted by atomic mass is 10.2. The molecule has 2 fully saturated rings. The number of nitrogens with zero attached hydrogens (tertiary/aromatic N) is 6. The molecule has 2 aliphatic heterocycles. The summed E-state index contributed by atoms with van der Waals surface area (Å²) < 4.78 is 40.2. The number of sulfonamides is 1. The minimum Gasteiger partial charge on any atom is -0.354 e. The Morgan fingerprint density at radius 2 is 1.52 bits per heavy atom. The maximum atomic E-state index is 13.1. The van der Waals surface area contributed by atoms with E-state index in [-0.39, 0.29) is 11.6 Å². The Balaban J connectivity index is 1.41. The summed E-state index contributed by atoms with van der Waals surface area (Å²) in [5, 5.41) is 0. The van der Waals surface area contributed by atoms with Crippen LogP contribution in [0.3, 0.4) is 0 Å². The number of rotatable bonds is 5. The first-order valence-electron chi connectivity index (χ1n) is 10.6. The van der Waals surface area contributed by atoms with Gasteiger partial charge in [0.05, 0.1) is 5.75 Å². The van der Waals surface area contributed by atoms with Crippen LogP contribution in [0.25, 0.3) is 0 Å². The largest absolute Gasteiger partial charge is 0.354 e. The molecule has 168 valence electrons. The minimum atomic E-state index is -3.46. The number of hydrogen-bond donors (Lipinski definition) is 0. The van der Waals surface area contributed by atoms with Gasteiger partial charge in [-0.3, -0.25) is 0 Å². The third-order valence-electron chi connectivity index (χ3n) is 5.83. The molecular formula is C21H29FN6O2S. The van der Waals surface area contributed by atoms with Crippen molar-refractivity contribution in [2.45, 2.75) is 12.7 Å². The van der Waals surface area contributed by atoms with Crippen molar-refractivity contribution >= 4 is 21.8 Å². The van der Waals surface area contributed by atoms with Crippen LogP contribution >= 0.6 is 0 Å². The van der Waals surface area contributed by atoms with Crippen LogP contribution in [0.15, 0.2) is 30.3 Å². The summed E-state index contributed by atoms with van der Waals surface area (Å²) in [6.07, 6.45) is 0. The van der Waals surface area contributed by atoms with E-state index in [0.29, 0.717) is 37.7 Å². The van der Waals surface area contributed by atoms with Crippen molar-refractivity contribution in [2.75, 3.05) is 69.2 Å². The van der Waals surface area contributed by atoms with Crippen LogP contribution in [0, 0.1) is 12.7 Å². The van der Waals surface area contributed by atoms with Gasteiger partial charge in [0.25, 0.3) is 0 Å². The fourth-order valence-electron chi connectivity index (χ4n) is 3.92. The van der Waals surface area contributed by atoms with Crippen LogP contribution < -0.4 is 9.80 Å². The maximum Gasteiger partial charge on any atom is 0.227 e. The van der Waals surface area contributed by atoms with E-state index in [4.69, 9.17) is 4.98 Å². The Hall–Kier alpha value is -2.30. The Bertz CT molecular complexity index is 1000. The molecule has 8 nitrogen and oxygen atoms in total. The lowest BCUT2D eigenvalue weighted by Crippen LogP contribution is -2.49. The molecule has 2 saturated heterocycles. The Morgan fingerprint density at radius 3 is 2.16 bits per heavy atom. The molecule has 3 heterocycles. The van der Waals surface area contributed by atoms with Crippen LogP contribution in [0.5, 0.6) is 0 Å². The molecule has 31 heavy (non-hydrogen) atoms. The number of likely N-dealkylation sites (N-methyl/N-ethyl adjacent to an activating group) is 1. The zero-order chi connectivity index (χ0) is 22.0. The zero-order valence-corrected chi connectivity index (χ0v) is 18.9. The van der Waals surface area contributed by atoms with Crippen LogP contribution in [-0.4, -0.2) is 87.0 Å². The summed E-state index contributed by atoms with van der Waals surface area (Å²) in [7, 11) is -1.34. The first-order valence-corrected chi connectivity index (χ1v) is 12.2. The van der Waals surface area contributed by atoms with Crippen molar-refractivity contribution in [3.05, 3.63) is 47.4 Å². The van der Waals surface area contributed by atoms with Crippen LogP contribution in [0.2, 0.25) is 0 Å². The lowest BCUT2D eigenvalue weighted by molar-refractivity contribution is 0.312. The quantitative estimate of drug-likeness (QED) is 0.683. The van der Waals surface area contributed by atoms with E-state index in [1.807, 2.05) is 13.0 Å². The highest BCUT2D eigenvalue weighted by Crippen LogP contribution is 2.21. The SMILES string of the molecule is Cc1cc(N2CCN(C)CC2)nc(N2CCN(S(=O)(=O)Cc3ccc(F)cc3)CC2)n1. The van der Waals surface area contributed by atoms with Crippen molar-refractivity contribution in [2.24, 2.45) is 0 Å². The molecule has 10 heteroatoms. The lowest BCUT2D eigenvalue weighted by Gasteiger charge is -2.36. The molecule has 0 radical (unpaired) electrons. The molecule has 2 aromatic rings. The molecule has 4 rings (SSSR count). The summed E-state index contributed by atoms with van der Waals surface area (Å²) in [6, 6.07) is 7.62. The Morgan fingerprint density at radius 1 is 0.903 bits per heavy atom. The van der Waals surface area contributed by atoms with Gasteiger partial charge in [0.1, 0.15) is 11.6 Å². The van der Waals surface area contributed by atoms with Crippen molar-refractivity contribution in [1.29, 1.82) is 0 Å². The predicted molar refractivity (Wildman–Crippen MR) is 119 cm³/mol. The second-order valence-corrected chi connectivity index (χ2v) is 10.2. The minimum absolute atomic E-state index is 0.123. The molecule has 0 N–H and O–H groups in total. The third-order valence-corrected chi connectivity index (χ3v) is 7.68. The summed E-state index contributed by atoms with van der Waals surface area (Å²) in [5.41, 5.74) is 1.49. The summed E-state index contributed by atoms with van der Waals surface area (Å²) in [5.74, 6) is 1.09. The van der Waals surface area contributed by atoms with E-state index < -0.39 is 10.0 Å². The standard InChI is InChI=1S/C21H29FN6O2S/c1-17-15-20(26-9-7-25(2)8-10-26)24-21(23-17)27-11-13-28(14-12-27)31(29,30)16-18-3-5-19(22)6-4-18/h3-6,15H,7-14,16H2,1-2H3. The average molecular weight is 449 g/mol. The smallest absolute Gasteiger partial charge is 0.227 e. The molecule has 1 aromatic carbocycles. The van der Waals surface area contributed by atoms with Crippen LogP contribution in [0.1, 0.15) is 11.3 Å². The van der Waals surface area contributed by atoms with Gasteiger partial charge >= 0.3 is 0 Å². The van der Waals surface area contributed by atoms with E-state index in [9.17, 15) is 12.8 Å². The summed E-state index contributed by atoms with van der Waals surface area (Å²) >= 11 is 0. The number of halogens is 1. The predicted octanol–water partition coefficient (Wildman–Crippen LogP) is 1.33. The van der Waals surface area contributed by atoms with Gasteiger partial charge in [-0.15, -0.1) is 0 Å². The normalized spacial score (nSPS) is 19.1. The van der Waals surface area contributed by atoms with Crippen LogP contribution in [-0.2, 0) is 15.8 Å². The van der Waals surface area contributed by atoms with E-state index in [1.54, 1.807) is 0 Å². The molecule has 2 aliphatic rings. The second-order valence-electron chi connectivity index (χ2n) is 8.23. The van der Waals surface area contributed by atoms with E-state index in [0.717, 1.165) is 37.7 Å². The molecule has 0 saturated carbocycles. The van der Waals surface area contributed by atoms with E-state index in [1.165, 1.54) is 28.6 Å². The van der Waals surface area contributed by atoms with Crippen molar-refractivity contribution in [3.63, 3.8) is 0 Å². The number of piperazine rings is 2. The monoisotopic (exact) mass is 448 g/mol. The Labute approximate surface area is 183 Å². The highest BCUT2D eigenvalue weighted by atomic mass is 32.2. The average Bonchev–Trinajstić information content (AvgIpc) is 2.75. The molecule has 0 aliphatic carbocycles. The number of hydrogen-bond acceptors (Lipinski definition) is 7. The van der Waals surface area contributed by atoms with Crippen molar-refractivity contribution in [1.82, 2.24) is 19.2 Å². The molecular weight excluding hydrogens is 419 g/mol. The van der Waals surface area contributed by atoms with Gasteiger partial charge < -0.3 is 14.7 Å². The molecule has 0 unspecified atom stereocenters. The fourth-order valence-corrected chi connectivity index (χ4v) is 5.44. The van der Waals surface area contributed by atoms with Gasteiger partial charge in [-0.05, 0) is 31.7 Å². The first-order chi connectivity index (χ1) is 14.8. The second kappa shape index (κ2) is 9.05. The molecule has 0 amide bonds. The topological polar surface area (TPSA) is 72.9 Å². The number of anilines is 2. The number of benzene rings is 1. The van der Waals surface area contributed by atoms with Crippen molar-refractivity contribution < 1.29 is 12.8 Å². The Kier molecular flexibility index (Phi) is 6.40. The van der Waals surface area contributed by atoms with Crippen molar-refractivity contribution in [3.8, 4) is 0 Å². The highest BCUT2D eigenvalue weighted by Gasteiger charge is 2.28. The van der Waals surface area contributed by atoms with Gasteiger partial charge in [-0.2, -0.15) is 9.29 Å². The molecule has 0 spiro atoms. The molecule has 0 bridgehead atoms. The third kappa shape index (κ3) is 5.31. The zero-order valence-electron chi connectivity index (χ0n) is 18.0. The number of aromatic nitrogens is 2. The van der Waals surface area contributed by atoms with E-state index >= 15 is 0 Å². The highest BCUT2D eigenvalue weighted by molar-refractivity contribution is 7.88. The molecule has 0 atom stereocenters. The number of aryl methyl sites for hydroxylation is 1. The maximum absolute atomic E-state index is 13.1. The van der Waals surface area contributed by atoms with Gasteiger partial charge in [0.15, 0.2) is 0 Å².